The SMILES string of the molecule is CCCCCCc1cc(F)c(CCC2CCc3cc(F)ccc3C2)c(F)c1. The van der Waals surface area contributed by atoms with Crippen LogP contribution in [0.4, 0.5) is 13.2 Å². The summed E-state index contributed by atoms with van der Waals surface area (Å²) in [7, 11) is 0. The van der Waals surface area contributed by atoms with Gasteiger partial charge in [-0.15, -0.1) is 0 Å². The first kappa shape index (κ1) is 20.0. The van der Waals surface area contributed by atoms with Crippen LogP contribution >= 0.6 is 0 Å². The summed E-state index contributed by atoms with van der Waals surface area (Å²) in [5.74, 6) is -0.598. The maximum atomic E-state index is 14.4. The highest BCUT2D eigenvalue weighted by Gasteiger charge is 2.20. The molecule has 1 aliphatic rings. The Morgan fingerprint density at radius 3 is 2.41 bits per heavy atom. The second-order valence-electron chi connectivity index (χ2n) is 7.91. The predicted octanol–water partition coefficient (Wildman–Crippen LogP) is 6.96. The molecule has 0 radical (unpaired) electrons. The summed E-state index contributed by atoms with van der Waals surface area (Å²) in [5.41, 5.74) is 3.24. The molecule has 0 spiro atoms. The third-order valence-electron chi connectivity index (χ3n) is 5.82. The average Bonchev–Trinajstić information content (AvgIpc) is 2.64. The summed E-state index contributed by atoms with van der Waals surface area (Å²) in [4.78, 5) is 0. The smallest absolute Gasteiger partial charge is 0.129 e. The normalized spacial score (nSPS) is 16.4. The van der Waals surface area contributed by atoms with Crippen molar-refractivity contribution >= 4 is 0 Å². The number of unbranched alkanes of at least 4 members (excludes halogenated alkanes) is 3. The highest BCUT2D eigenvalue weighted by atomic mass is 19.1. The Hall–Kier alpha value is -1.77. The molecule has 1 unspecified atom stereocenters. The molecule has 0 heterocycles. The summed E-state index contributed by atoms with van der Waals surface area (Å²) in [6.07, 6.45) is 9.01. The van der Waals surface area contributed by atoms with Gasteiger partial charge in [0, 0.05) is 5.56 Å². The Morgan fingerprint density at radius 1 is 0.889 bits per heavy atom. The minimum absolute atomic E-state index is 0.189. The van der Waals surface area contributed by atoms with E-state index in [4.69, 9.17) is 0 Å². The van der Waals surface area contributed by atoms with E-state index in [1.807, 2.05) is 6.07 Å². The largest absolute Gasteiger partial charge is 0.207 e. The van der Waals surface area contributed by atoms with Crippen LogP contribution < -0.4 is 0 Å². The van der Waals surface area contributed by atoms with Crippen LogP contribution in [0.5, 0.6) is 0 Å². The van der Waals surface area contributed by atoms with Crippen molar-refractivity contribution in [1.82, 2.24) is 0 Å². The zero-order valence-corrected chi connectivity index (χ0v) is 16.2. The van der Waals surface area contributed by atoms with Gasteiger partial charge < -0.3 is 0 Å². The Labute approximate surface area is 160 Å². The predicted molar refractivity (Wildman–Crippen MR) is 104 cm³/mol. The summed E-state index contributed by atoms with van der Waals surface area (Å²) in [6, 6.07) is 8.00. The number of rotatable bonds is 8. The summed E-state index contributed by atoms with van der Waals surface area (Å²) < 4.78 is 42.2. The van der Waals surface area contributed by atoms with Crippen LogP contribution in [-0.4, -0.2) is 0 Å². The lowest BCUT2D eigenvalue weighted by Crippen LogP contribution is -2.15. The zero-order valence-electron chi connectivity index (χ0n) is 16.2. The van der Waals surface area contributed by atoms with Crippen LogP contribution in [0, 0.1) is 23.4 Å². The molecule has 2 aromatic carbocycles. The molecule has 146 valence electrons. The fraction of sp³-hybridized carbons (Fsp3) is 0.500. The lowest BCUT2D eigenvalue weighted by Gasteiger charge is -2.24. The number of halogens is 3. The maximum absolute atomic E-state index is 14.4. The fourth-order valence-electron chi connectivity index (χ4n) is 4.19. The van der Waals surface area contributed by atoms with Gasteiger partial charge in [0.15, 0.2) is 0 Å². The Balaban J connectivity index is 1.57. The van der Waals surface area contributed by atoms with Crippen molar-refractivity contribution in [1.29, 1.82) is 0 Å². The van der Waals surface area contributed by atoms with Crippen molar-refractivity contribution in [3.63, 3.8) is 0 Å². The first-order valence-electron chi connectivity index (χ1n) is 10.3. The molecule has 1 aliphatic carbocycles. The van der Waals surface area contributed by atoms with E-state index >= 15 is 0 Å². The van der Waals surface area contributed by atoms with E-state index in [-0.39, 0.29) is 11.4 Å². The van der Waals surface area contributed by atoms with Gasteiger partial charge in [-0.2, -0.15) is 0 Å². The van der Waals surface area contributed by atoms with Gasteiger partial charge in [-0.3, -0.25) is 0 Å². The van der Waals surface area contributed by atoms with Crippen molar-refractivity contribution in [2.75, 3.05) is 0 Å². The minimum Gasteiger partial charge on any atom is -0.207 e. The second-order valence-corrected chi connectivity index (χ2v) is 7.91. The van der Waals surface area contributed by atoms with E-state index in [1.165, 1.54) is 30.2 Å². The lowest BCUT2D eigenvalue weighted by molar-refractivity contribution is 0.417. The first-order chi connectivity index (χ1) is 13.1. The molecule has 2 aromatic rings. The molecule has 0 N–H and O–H groups in total. The van der Waals surface area contributed by atoms with E-state index in [2.05, 4.69) is 6.92 Å². The molecule has 0 bridgehead atoms. The molecule has 0 saturated heterocycles. The maximum Gasteiger partial charge on any atom is 0.129 e. The number of aryl methyl sites for hydroxylation is 2. The Morgan fingerprint density at radius 2 is 1.67 bits per heavy atom. The molecule has 0 fully saturated rings. The van der Waals surface area contributed by atoms with Crippen LogP contribution in [-0.2, 0) is 25.7 Å². The molecule has 0 nitrogen and oxygen atoms in total. The molecule has 0 aliphatic heterocycles. The van der Waals surface area contributed by atoms with Gasteiger partial charge in [0.25, 0.3) is 0 Å². The molecule has 0 amide bonds. The molecule has 27 heavy (non-hydrogen) atoms. The number of hydrogen-bond acceptors (Lipinski definition) is 0. The number of fused-ring (bicyclic) bond motifs is 1. The zero-order chi connectivity index (χ0) is 19.2. The minimum atomic E-state index is -0.404. The van der Waals surface area contributed by atoms with Gasteiger partial charge in [0.05, 0.1) is 0 Å². The molecule has 1 atom stereocenters. The standard InChI is InChI=1S/C24H29F3/c1-2-3-4-5-6-18-14-23(26)22(24(27)15-18)12-8-17-7-9-20-16-21(25)11-10-19(20)13-17/h10-11,14-17H,2-9,12-13H2,1H3. The van der Waals surface area contributed by atoms with E-state index < -0.39 is 11.6 Å². The Bertz CT molecular complexity index is 743. The van der Waals surface area contributed by atoms with Crippen molar-refractivity contribution in [3.05, 3.63) is 70.0 Å². The topological polar surface area (TPSA) is 0 Å². The molecular formula is C24H29F3. The summed E-state index contributed by atoms with van der Waals surface area (Å²) in [5, 5.41) is 0. The van der Waals surface area contributed by atoms with Crippen LogP contribution in [0.1, 0.15) is 67.7 Å². The molecular weight excluding hydrogens is 345 g/mol. The third-order valence-corrected chi connectivity index (χ3v) is 5.82. The van der Waals surface area contributed by atoms with Gasteiger partial charge in [0.2, 0.25) is 0 Å². The first-order valence-corrected chi connectivity index (χ1v) is 10.3. The summed E-state index contributed by atoms with van der Waals surface area (Å²) >= 11 is 0. The van der Waals surface area contributed by atoms with Crippen molar-refractivity contribution in [2.24, 2.45) is 5.92 Å². The second kappa shape index (κ2) is 9.43. The highest BCUT2D eigenvalue weighted by molar-refractivity contribution is 5.31. The van der Waals surface area contributed by atoms with Crippen molar-refractivity contribution < 1.29 is 13.2 Å². The summed E-state index contributed by atoms with van der Waals surface area (Å²) in [6.45, 7) is 2.15. The Kier molecular flexibility index (Phi) is 6.98. The van der Waals surface area contributed by atoms with Gasteiger partial charge >= 0.3 is 0 Å². The highest BCUT2D eigenvalue weighted by Crippen LogP contribution is 2.30. The quantitative estimate of drug-likeness (QED) is 0.438. The van der Waals surface area contributed by atoms with Crippen LogP contribution in [0.2, 0.25) is 0 Å². The fourth-order valence-corrected chi connectivity index (χ4v) is 4.19. The third kappa shape index (κ3) is 5.37. The van der Waals surface area contributed by atoms with Gasteiger partial charge in [0.1, 0.15) is 17.5 Å². The van der Waals surface area contributed by atoms with Gasteiger partial charge in [-0.05, 0) is 91.8 Å². The molecule has 3 heteroatoms. The van der Waals surface area contributed by atoms with Crippen molar-refractivity contribution in [3.8, 4) is 0 Å². The van der Waals surface area contributed by atoms with Crippen LogP contribution in [0.3, 0.4) is 0 Å². The van der Waals surface area contributed by atoms with E-state index in [1.54, 1.807) is 6.07 Å². The van der Waals surface area contributed by atoms with Gasteiger partial charge in [-0.25, -0.2) is 13.2 Å². The van der Waals surface area contributed by atoms with Gasteiger partial charge in [-0.1, -0.05) is 32.3 Å². The molecule has 3 rings (SSSR count). The molecule has 0 saturated carbocycles. The number of hydrogen-bond donors (Lipinski definition) is 0. The van der Waals surface area contributed by atoms with Crippen molar-refractivity contribution in [2.45, 2.75) is 71.1 Å². The monoisotopic (exact) mass is 374 g/mol. The van der Waals surface area contributed by atoms with Crippen LogP contribution in [0.25, 0.3) is 0 Å². The van der Waals surface area contributed by atoms with E-state index in [0.717, 1.165) is 62.5 Å². The lowest BCUT2D eigenvalue weighted by atomic mass is 9.81. The van der Waals surface area contributed by atoms with E-state index in [0.29, 0.717) is 12.3 Å². The molecule has 0 aromatic heterocycles. The number of benzene rings is 2. The van der Waals surface area contributed by atoms with Crippen LogP contribution in [0.15, 0.2) is 30.3 Å². The average molecular weight is 374 g/mol. The van der Waals surface area contributed by atoms with E-state index in [9.17, 15) is 13.2 Å².